The lowest BCUT2D eigenvalue weighted by atomic mass is 10.1. The van der Waals surface area contributed by atoms with Crippen LogP contribution >= 0.6 is 0 Å². The lowest BCUT2D eigenvalue weighted by molar-refractivity contribution is -0.146. The highest BCUT2D eigenvalue weighted by molar-refractivity contribution is 5.93. The number of hydrogen-bond donors (Lipinski definition) is 0. The summed E-state index contributed by atoms with van der Waals surface area (Å²) in [7, 11) is 0. The largest absolute Gasteiger partial charge is 0.494 e. The van der Waals surface area contributed by atoms with Crippen molar-refractivity contribution in [2.75, 3.05) is 66.1 Å². The number of rotatable bonds is 0. The van der Waals surface area contributed by atoms with E-state index in [2.05, 4.69) is 0 Å². The minimum Gasteiger partial charge on any atom is -0.494 e. The van der Waals surface area contributed by atoms with Crippen molar-refractivity contribution in [2.45, 2.75) is 38.5 Å². The van der Waals surface area contributed by atoms with E-state index in [1.54, 1.807) is 0 Å². The molecule has 3 aromatic carbocycles. The van der Waals surface area contributed by atoms with Crippen molar-refractivity contribution in [3.8, 4) is 23.0 Å². The number of carbonyl (C=O) groups excluding carboxylic acids is 2. The molecule has 6 bridgehead atoms. The van der Waals surface area contributed by atoms with Crippen molar-refractivity contribution in [2.24, 2.45) is 0 Å². The van der Waals surface area contributed by atoms with Crippen LogP contribution in [0.2, 0.25) is 0 Å². The Morgan fingerprint density at radius 2 is 0.795 bits per heavy atom. The van der Waals surface area contributed by atoms with Gasteiger partial charge in [-0.2, -0.15) is 0 Å². The fraction of sp³-hybridized carbons (Fsp3) is 0.471. The smallest absolute Gasteiger partial charge is 0.305 e. The van der Waals surface area contributed by atoms with E-state index in [9.17, 15) is 9.59 Å². The number of carbonyl (C=O) groups is 2. The van der Waals surface area contributed by atoms with Crippen molar-refractivity contribution in [1.29, 1.82) is 0 Å². The Balaban J connectivity index is 1.24. The number of benzene rings is 3. The van der Waals surface area contributed by atoms with Gasteiger partial charge >= 0.3 is 11.9 Å². The molecule has 10 nitrogen and oxygen atoms in total. The number of ether oxygens (including phenoxy) is 8. The maximum atomic E-state index is 12.0. The number of fused-ring (bicyclic) bond motifs is 26. The van der Waals surface area contributed by atoms with Gasteiger partial charge in [0.25, 0.3) is 0 Å². The molecule has 44 heavy (non-hydrogen) atoms. The van der Waals surface area contributed by atoms with E-state index < -0.39 is 0 Å². The average Bonchev–Trinajstić information content (AvgIpc) is 3.04. The molecule has 0 aliphatic carbocycles. The summed E-state index contributed by atoms with van der Waals surface area (Å²) in [6.45, 7) is 3.45. The van der Waals surface area contributed by atoms with E-state index in [1.165, 1.54) is 0 Å². The van der Waals surface area contributed by atoms with Crippen LogP contribution in [0.3, 0.4) is 0 Å². The fourth-order valence-corrected chi connectivity index (χ4v) is 4.46. The Hall–Kier alpha value is -4.02. The summed E-state index contributed by atoms with van der Waals surface area (Å²) in [5, 5.41) is 1.86. The maximum Gasteiger partial charge on any atom is 0.305 e. The van der Waals surface area contributed by atoms with Gasteiger partial charge < -0.3 is 37.9 Å². The highest BCUT2D eigenvalue weighted by atomic mass is 16.6. The van der Waals surface area contributed by atoms with E-state index in [0.717, 1.165) is 46.6 Å². The number of esters is 2. The lowest BCUT2D eigenvalue weighted by Gasteiger charge is -2.13. The van der Waals surface area contributed by atoms with Gasteiger partial charge in [-0.15, -0.1) is 0 Å². The zero-order valence-corrected chi connectivity index (χ0v) is 25.2. The molecule has 0 saturated heterocycles. The van der Waals surface area contributed by atoms with Gasteiger partial charge in [-0.1, -0.05) is 24.3 Å². The van der Waals surface area contributed by atoms with Gasteiger partial charge in [0, 0.05) is 23.6 Å². The third-order valence-electron chi connectivity index (χ3n) is 6.71. The zero-order chi connectivity index (χ0) is 30.7. The Bertz CT molecular complexity index is 1180. The maximum absolute atomic E-state index is 12.0. The van der Waals surface area contributed by atoms with Gasteiger partial charge in [0.05, 0.1) is 39.6 Å². The van der Waals surface area contributed by atoms with Gasteiger partial charge in [-0.25, -0.2) is 0 Å². The van der Waals surface area contributed by atoms with E-state index in [1.807, 2.05) is 60.7 Å². The highest BCUT2D eigenvalue weighted by Gasteiger charge is 2.08. The third-order valence-corrected chi connectivity index (χ3v) is 6.71. The van der Waals surface area contributed by atoms with Crippen molar-refractivity contribution in [3.05, 3.63) is 60.7 Å². The van der Waals surface area contributed by atoms with Gasteiger partial charge in [-0.3, -0.25) is 9.59 Å². The van der Waals surface area contributed by atoms with E-state index in [-0.39, 0.29) is 25.2 Å². The molecule has 0 aromatic heterocycles. The first kappa shape index (κ1) is 32.9. The minimum atomic E-state index is -0.249. The SMILES string of the molecule is O=C1CCCCOc2ccc(cc2)OCCCCC(=O)OCCOCCOc2cccc3c(cccc23)OCCOCCO1. The molecule has 0 amide bonds. The van der Waals surface area contributed by atoms with Crippen LogP contribution in [0.1, 0.15) is 38.5 Å². The summed E-state index contributed by atoms with van der Waals surface area (Å²) < 4.78 is 45.1. The molecule has 3 aromatic rings. The molecule has 2 aliphatic heterocycles. The Kier molecular flexibility index (Phi) is 14.4. The lowest BCUT2D eigenvalue weighted by Crippen LogP contribution is -2.14. The first-order valence-corrected chi connectivity index (χ1v) is 15.3. The van der Waals surface area contributed by atoms with E-state index in [4.69, 9.17) is 37.9 Å². The molecular formula is C34H42O10. The molecule has 0 atom stereocenters. The first-order valence-electron chi connectivity index (χ1n) is 15.3. The Morgan fingerprint density at radius 3 is 1.23 bits per heavy atom. The normalized spacial score (nSPS) is 18.0. The molecule has 0 radical (unpaired) electrons. The molecule has 0 unspecified atom stereocenters. The van der Waals surface area contributed by atoms with Crippen LogP contribution in [0.15, 0.2) is 60.7 Å². The summed E-state index contributed by atoms with van der Waals surface area (Å²) in [6, 6.07) is 19.0. The van der Waals surface area contributed by atoms with E-state index in [0.29, 0.717) is 78.5 Å². The zero-order valence-electron chi connectivity index (χ0n) is 25.2. The van der Waals surface area contributed by atoms with Crippen LogP contribution < -0.4 is 18.9 Å². The molecule has 2 aliphatic rings. The Morgan fingerprint density at radius 1 is 0.386 bits per heavy atom. The summed E-state index contributed by atoms with van der Waals surface area (Å²) in [5.41, 5.74) is 0. The average molecular weight is 611 g/mol. The molecule has 0 fully saturated rings. The van der Waals surface area contributed by atoms with E-state index >= 15 is 0 Å². The van der Waals surface area contributed by atoms with Crippen LogP contribution in [0.25, 0.3) is 10.8 Å². The third kappa shape index (κ3) is 11.9. The number of hydrogen-bond acceptors (Lipinski definition) is 10. The van der Waals surface area contributed by atoms with Crippen molar-refractivity contribution >= 4 is 22.7 Å². The van der Waals surface area contributed by atoms with Crippen LogP contribution in [-0.2, 0) is 28.5 Å². The summed E-state index contributed by atoms with van der Waals surface area (Å²) in [4.78, 5) is 24.0. The minimum absolute atomic E-state index is 0.202. The molecule has 0 saturated carbocycles. The predicted octanol–water partition coefficient (Wildman–Crippen LogP) is 5.53. The van der Waals surface area contributed by atoms with Crippen LogP contribution in [-0.4, -0.2) is 78.0 Å². The molecular weight excluding hydrogens is 568 g/mol. The second kappa shape index (κ2) is 19.3. The monoisotopic (exact) mass is 610 g/mol. The highest BCUT2D eigenvalue weighted by Crippen LogP contribution is 2.32. The molecule has 10 heteroatoms. The second-order valence-electron chi connectivity index (χ2n) is 10.1. The second-order valence-corrected chi connectivity index (χ2v) is 10.1. The van der Waals surface area contributed by atoms with Gasteiger partial charge in [0.15, 0.2) is 0 Å². The summed E-state index contributed by atoms with van der Waals surface area (Å²) >= 11 is 0. The molecule has 2 heterocycles. The first-order chi connectivity index (χ1) is 21.7. The predicted molar refractivity (Wildman–Crippen MR) is 164 cm³/mol. The van der Waals surface area contributed by atoms with Crippen molar-refractivity contribution < 1.29 is 47.5 Å². The van der Waals surface area contributed by atoms with Gasteiger partial charge in [0.1, 0.15) is 49.4 Å². The molecule has 0 spiro atoms. The Labute approximate surface area is 258 Å². The van der Waals surface area contributed by atoms with Gasteiger partial charge in [0.2, 0.25) is 0 Å². The topological polar surface area (TPSA) is 108 Å². The van der Waals surface area contributed by atoms with Crippen LogP contribution in [0.4, 0.5) is 0 Å². The van der Waals surface area contributed by atoms with Crippen molar-refractivity contribution in [3.63, 3.8) is 0 Å². The standard InChI is InChI=1S/C34H42O10/c35-33-11-1-3-17-39-27-13-15-28(16-14-27)40-18-4-2-12-34(36)44-26-22-38-20-24-42-32-10-6-7-29-30(32)8-5-9-31(29)41-23-19-37-21-25-43-33/h5-10,13-16H,1-4,11-12,17-26H2. The molecule has 5 rings (SSSR count). The van der Waals surface area contributed by atoms with Crippen LogP contribution in [0, 0.1) is 0 Å². The fourth-order valence-electron chi connectivity index (χ4n) is 4.46. The molecule has 238 valence electrons. The summed E-state index contributed by atoms with van der Waals surface area (Å²) in [6.07, 6.45) is 3.48. The molecule has 0 N–H and O–H groups in total. The quantitative estimate of drug-likeness (QED) is 0.238. The van der Waals surface area contributed by atoms with Gasteiger partial charge in [-0.05, 0) is 62.1 Å². The summed E-state index contributed by atoms with van der Waals surface area (Å²) in [5.74, 6) is 2.44. The van der Waals surface area contributed by atoms with Crippen molar-refractivity contribution in [1.82, 2.24) is 0 Å². The van der Waals surface area contributed by atoms with Crippen LogP contribution in [0.5, 0.6) is 23.0 Å².